The molecule has 0 spiro atoms. The van der Waals surface area contributed by atoms with Gasteiger partial charge in [0.25, 0.3) is 0 Å². The van der Waals surface area contributed by atoms with Crippen LogP contribution >= 0.6 is 0 Å². The first-order valence-corrected chi connectivity index (χ1v) is 14.6. The molecule has 0 aliphatic rings. The molecule has 3 amide bonds. The molecule has 12 heteroatoms. The summed E-state index contributed by atoms with van der Waals surface area (Å²) >= 11 is 0. The van der Waals surface area contributed by atoms with Crippen molar-refractivity contribution < 1.29 is 28.6 Å². The Kier molecular flexibility index (Phi) is 19.8. The standard InChI is InChI=1S/C27H48N6O6/c1-4-7-10-13-16-19-37-25(34)31-22-28-23(32-26(35)38-20-17-14-11-8-5-2)30-24(29-22)33-27(36)39-21-18-15-12-9-6-3/h4-21H2,1-3H3,(H3,28,29,30,31,32,33,34,35,36). The Morgan fingerprint density at radius 1 is 0.462 bits per heavy atom. The van der Waals surface area contributed by atoms with Gasteiger partial charge in [0.2, 0.25) is 17.8 Å². The van der Waals surface area contributed by atoms with Gasteiger partial charge in [-0.2, -0.15) is 15.0 Å². The Bertz CT molecular complexity index is 709. The van der Waals surface area contributed by atoms with Crippen LogP contribution < -0.4 is 16.0 Å². The summed E-state index contributed by atoms with van der Waals surface area (Å²) in [4.78, 5) is 48.7. The fourth-order valence-electron chi connectivity index (χ4n) is 3.54. The third kappa shape index (κ3) is 18.7. The van der Waals surface area contributed by atoms with Gasteiger partial charge in [-0.05, 0) is 19.3 Å². The number of amides is 3. The van der Waals surface area contributed by atoms with Crippen LogP contribution in [0.1, 0.15) is 117 Å². The van der Waals surface area contributed by atoms with Crippen molar-refractivity contribution in [2.75, 3.05) is 35.8 Å². The molecule has 1 heterocycles. The van der Waals surface area contributed by atoms with Crippen LogP contribution in [-0.4, -0.2) is 53.1 Å². The highest BCUT2D eigenvalue weighted by Crippen LogP contribution is 2.12. The molecule has 222 valence electrons. The lowest BCUT2D eigenvalue weighted by atomic mass is 10.2. The van der Waals surface area contributed by atoms with E-state index in [2.05, 4.69) is 51.7 Å². The van der Waals surface area contributed by atoms with Crippen molar-refractivity contribution >= 4 is 36.1 Å². The molecule has 0 unspecified atom stereocenters. The average molecular weight is 553 g/mol. The number of anilines is 3. The third-order valence-electron chi connectivity index (χ3n) is 5.72. The minimum atomic E-state index is -0.752. The first-order valence-electron chi connectivity index (χ1n) is 14.6. The number of unbranched alkanes of at least 4 members (excludes halogenated alkanes) is 12. The first-order chi connectivity index (χ1) is 19.0. The lowest BCUT2D eigenvalue weighted by Gasteiger charge is -2.11. The minimum Gasteiger partial charge on any atom is -0.449 e. The molecule has 0 atom stereocenters. The van der Waals surface area contributed by atoms with Crippen LogP contribution in [0.4, 0.5) is 32.2 Å². The van der Waals surface area contributed by atoms with Crippen molar-refractivity contribution in [2.45, 2.75) is 117 Å². The third-order valence-corrected chi connectivity index (χ3v) is 5.72. The van der Waals surface area contributed by atoms with Crippen LogP contribution in [0.2, 0.25) is 0 Å². The molecule has 1 aromatic rings. The largest absolute Gasteiger partial charge is 0.449 e. The maximum Gasteiger partial charge on any atom is 0.414 e. The number of nitrogens with one attached hydrogen (secondary N) is 3. The summed E-state index contributed by atoms with van der Waals surface area (Å²) in [6, 6.07) is 0. The number of aromatic nitrogens is 3. The monoisotopic (exact) mass is 552 g/mol. The van der Waals surface area contributed by atoms with Gasteiger partial charge in [-0.25, -0.2) is 14.4 Å². The van der Waals surface area contributed by atoms with E-state index < -0.39 is 18.3 Å². The second kappa shape index (κ2) is 22.8. The lowest BCUT2D eigenvalue weighted by molar-refractivity contribution is 0.158. The smallest absolute Gasteiger partial charge is 0.414 e. The number of rotatable bonds is 21. The number of nitrogens with zero attached hydrogens (tertiary/aromatic N) is 3. The predicted molar refractivity (Wildman–Crippen MR) is 151 cm³/mol. The molecule has 0 saturated heterocycles. The molecule has 0 aromatic carbocycles. The Hall–Kier alpha value is -3.18. The average Bonchev–Trinajstić information content (AvgIpc) is 2.90. The highest BCUT2D eigenvalue weighted by Gasteiger charge is 2.15. The molecular weight excluding hydrogens is 504 g/mol. The van der Waals surface area contributed by atoms with Crippen LogP contribution in [0.5, 0.6) is 0 Å². The van der Waals surface area contributed by atoms with E-state index in [1.165, 1.54) is 0 Å². The normalized spacial score (nSPS) is 10.5. The molecule has 0 fully saturated rings. The second-order valence-electron chi connectivity index (χ2n) is 9.33. The zero-order valence-corrected chi connectivity index (χ0v) is 24.0. The van der Waals surface area contributed by atoms with Gasteiger partial charge >= 0.3 is 18.3 Å². The van der Waals surface area contributed by atoms with E-state index in [1.807, 2.05) is 0 Å². The zero-order valence-electron chi connectivity index (χ0n) is 24.0. The van der Waals surface area contributed by atoms with E-state index in [4.69, 9.17) is 14.2 Å². The van der Waals surface area contributed by atoms with E-state index in [9.17, 15) is 14.4 Å². The van der Waals surface area contributed by atoms with Gasteiger partial charge in [0.15, 0.2) is 0 Å². The molecule has 0 radical (unpaired) electrons. The number of hydrogen-bond donors (Lipinski definition) is 3. The minimum absolute atomic E-state index is 0.203. The molecule has 0 bridgehead atoms. The molecule has 3 N–H and O–H groups in total. The summed E-state index contributed by atoms with van der Waals surface area (Å²) in [6.07, 6.45) is 13.0. The summed E-state index contributed by atoms with van der Waals surface area (Å²) in [7, 11) is 0. The molecule has 0 saturated carbocycles. The Morgan fingerprint density at radius 3 is 0.974 bits per heavy atom. The van der Waals surface area contributed by atoms with Gasteiger partial charge in [0, 0.05) is 0 Å². The summed E-state index contributed by atoms with van der Waals surface area (Å²) in [5.74, 6) is -0.609. The fourth-order valence-corrected chi connectivity index (χ4v) is 3.54. The number of hydrogen-bond acceptors (Lipinski definition) is 9. The van der Waals surface area contributed by atoms with E-state index in [0.29, 0.717) is 0 Å². The molecule has 39 heavy (non-hydrogen) atoms. The van der Waals surface area contributed by atoms with Crippen LogP contribution in [0.25, 0.3) is 0 Å². The van der Waals surface area contributed by atoms with Gasteiger partial charge in [0.05, 0.1) is 19.8 Å². The fraction of sp³-hybridized carbons (Fsp3) is 0.778. The molecule has 1 rings (SSSR count). The number of carbonyl (C=O) groups excluding carboxylic acids is 3. The molecule has 12 nitrogen and oxygen atoms in total. The number of carbonyl (C=O) groups is 3. The quantitative estimate of drug-likeness (QED) is 0.104. The van der Waals surface area contributed by atoms with E-state index in [1.54, 1.807) is 0 Å². The SMILES string of the molecule is CCCCCCCOC(=O)Nc1nc(NC(=O)OCCCCCCC)nc(NC(=O)OCCCCCCC)n1. The molecule has 0 aliphatic heterocycles. The van der Waals surface area contributed by atoms with Crippen molar-refractivity contribution in [1.82, 2.24) is 15.0 Å². The maximum atomic E-state index is 12.2. The highest BCUT2D eigenvalue weighted by molar-refractivity contribution is 5.86. The summed E-state index contributed by atoms with van der Waals surface area (Å²) in [5.41, 5.74) is 0. The van der Waals surface area contributed by atoms with Crippen LogP contribution in [0.3, 0.4) is 0 Å². The zero-order chi connectivity index (χ0) is 28.6. The molecule has 0 aliphatic carbocycles. The Morgan fingerprint density at radius 2 is 0.718 bits per heavy atom. The Labute approximate surface area is 232 Å². The van der Waals surface area contributed by atoms with Gasteiger partial charge in [0.1, 0.15) is 0 Å². The summed E-state index contributed by atoms with van der Waals surface area (Å²) < 4.78 is 15.5. The summed E-state index contributed by atoms with van der Waals surface area (Å²) in [6.45, 7) is 7.17. The van der Waals surface area contributed by atoms with Gasteiger partial charge in [-0.15, -0.1) is 0 Å². The Balaban J connectivity index is 2.68. The molecular formula is C27H48N6O6. The highest BCUT2D eigenvalue weighted by atomic mass is 16.6. The van der Waals surface area contributed by atoms with Crippen molar-refractivity contribution in [2.24, 2.45) is 0 Å². The van der Waals surface area contributed by atoms with Gasteiger partial charge in [-0.3, -0.25) is 16.0 Å². The van der Waals surface area contributed by atoms with Crippen LogP contribution in [0, 0.1) is 0 Å². The predicted octanol–water partition coefficient (Wildman–Crippen LogP) is 7.43. The lowest BCUT2D eigenvalue weighted by Crippen LogP contribution is -2.22. The van der Waals surface area contributed by atoms with Crippen LogP contribution in [-0.2, 0) is 14.2 Å². The number of ether oxygens (including phenoxy) is 3. The second-order valence-corrected chi connectivity index (χ2v) is 9.33. The van der Waals surface area contributed by atoms with E-state index in [-0.39, 0.29) is 37.7 Å². The van der Waals surface area contributed by atoms with Crippen molar-refractivity contribution in [3.8, 4) is 0 Å². The van der Waals surface area contributed by atoms with E-state index >= 15 is 0 Å². The van der Waals surface area contributed by atoms with E-state index in [0.717, 1.165) is 96.3 Å². The summed E-state index contributed by atoms with van der Waals surface area (Å²) in [5, 5.41) is 7.22. The molecule has 1 aromatic heterocycles. The van der Waals surface area contributed by atoms with Crippen molar-refractivity contribution in [3.63, 3.8) is 0 Å². The van der Waals surface area contributed by atoms with Crippen molar-refractivity contribution in [1.29, 1.82) is 0 Å². The topological polar surface area (TPSA) is 154 Å². The first kappa shape index (κ1) is 33.8. The van der Waals surface area contributed by atoms with Crippen molar-refractivity contribution in [3.05, 3.63) is 0 Å². The maximum absolute atomic E-state index is 12.2. The van der Waals surface area contributed by atoms with Crippen LogP contribution in [0.15, 0.2) is 0 Å². The van der Waals surface area contributed by atoms with Gasteiger partial charge < -0.3 is 14.2 Å². The van der Waals surface area contributed by atoms with Gasteiger partial charge in [-0.1, -0.05) is 97.8 Å².